The third-order valence-corrected chi connectivity index (χ3v) is 4.79. The second-order valence-electron chi connectivity index (χ2n) is 6.72. The molecule has 9 nitrogen and oxygen atoms in total. The Bertz CT molecular complexity index is 895. The molecule has 1 aliphatic heterocycles. The molecule has 0 bridgehead atoms. The highest BCUT2D eigenvalue weighted by Gasteiger charge is 2.25. The van der Waals surface area contributed by atoms with Crippen molar-refractivity contribution in [2.75, 3.05) is 50.4 Å². The molecule has 0 saturated carbocycles. The zero-order valence-electron chi connectivity index (χ0n) is 16.1. The summed E-state index contributed by atoms with van der Waals surface area (Å²) in [5, 5.41) is 16.8. The first kappa shape index (κ1) is 20.3. The lowest BCUT2D eigenvalue weighted by atomic mass is 10.1. The number of hydrogen-bond acceptors (Lipinski definition) is 6. The van der Waals surface area contributed by atoms with E-state index in [0.717, 1.165) is 5.69 Å². The van der Waals surface area contributed by atoms with Gasteiger partial charge in [-0.1, -0.05) is 18.2 Å². The zero-order valence-corrected chi connectivity index (χ0v) is 16.1. The van der Waals surface area contributed by atoms with Gasteiger partial charge in [-0.15, -0.1) is 0 Å². The Morgan fingerprint density at radius 3 is 2.38 bits per heavy atom. The number of para-hydroxylation sites is 1. The van der Waals surface area contributed by atoms with Gasteiger partial charge in [-0.3, -0.25) is 24.6 Å². The van der Waals surface area contributed by atoms with Crippen LogP contribution < -0.4 is 10.6 Å². The van der Waals surface area contributed by atoms with E-state index in [9.17, 15) is 19.7 Å². The Morgan fingerprint density at radius 1 is 1.07 bits per heavy atom. The molecule has 2 aromatic rings. The van der Waals surface area contributed by atoms with Gasteiger partial charge in [-0.2, -0.15) is 0 Å². The molecule has 2 aromatic carbocycles. The van der Waals surface area contributed by atoms with Crippen LogP contribution in [0, 0.1) is 10.1 Å². The summed E-state index contributed by atoms with van der Waals surface area (Å²) in [5.74, 6) is -0.349. The van der Waals surface area contributed by atoms with Crippen molar-refractivity contribution in [1.29, 1.82) is 0 Å². The highest BCUT2D eigenvalue weighted by molar-refractivity contribution is 5.96. The quantitative estimate of drug-likeness (QED) is 0.570. The van der Waals surface area contributed by atoms with E-state index in [1.165, 1.54) is 12.1 Å². The first-order chi connectivity index (χ1) is 14.0. The van der Waals surface area contributed by atoms with E-state index < -0.39 is 4.92 Å². The normalized spacial score (nSPS) is 14.3. The number of rotatable bonds is 6. The van der Waals surface area contributed by atoms with Crippen LogP contribution in [0.5, 0.6) is 0 Å². The minimum atomic E-state index is -0.508. The van der Waals surface area contributed by atoms with Gasteiger partial charge in [0.1, 0.15) is 5.69 Å². The van der Waals surface area contributed by atoms with Gasteiger partial charge in [0.25, 0.3) is 11.6 Å². The third kappa shape index (κ3) is 5.08. The molecule has 2 N–H and O–H groups in total. The summed E-state index contributed by atoms with van der Waals surface area (Å²) in [6.45, 7) is 2.28. The molecule has 0 unspecified atom stereocenters. The van der Waals surface area contributed by atoms with Gasteiger partial charge in [-0.05, 0) is 24.3 Å². The van der Waals surface area contributed by atoms with Gasteiger partial charge in [0.2, 0.25) is 5.91 Å². The third-order valence-electron chi connectivity index (χ3n) is 4.79. The summed E-state index contributed by atoms with van der Waals surface area (Å²) in [6.07, 6.45) is 0. The van der Waals surface area contributed by atoms with Crippen LogP contribution in [0.25, 0.3) is 0 Å². The molecule has 29 heavy (non-hydrogen) atoms. The minimum Gasteiger partial charge on any atom is -0.383 e. The van der Waals surface area contributed by atoms with Crippen LogP contribution in [-0.4, -0.2) is 66.3 Å². The largest absolute Gasteiger partial charge is 0.383 e. The van der Waals surface area contributed by atoms with Crippen molar-refractivity contribution in [2.45, 2.75) is 0 Å². The van der Waals surface area contributed by atoms with Gasteiger partial charge in [0, 0.05) is 50.5 Å². The highest BCUT2D eigenvalue weighted by Crippen LogP contribution is 2.25. The molecule has 1 fully saturated rings. The number of carbonyl (C=O) groups excluding carboxylic acids is 2. The molecule has 0 aliphatic carbocycles. The fourth-order valence-electron chi connectivity index (χ4n) is 3.24. The van der Waals surface area contributed by atoms with Crippen LogP contribution in [-0.2, 0) is 4.79 Å². The monoisotopic (exact) mass is 397 g/mol. The van der Waals surface area contributed by atoms with Crippen molar-refractivity contribution in [1.82, 2.24) is 9.80 Å². The van der Waals surface area contributed by atoms with Crippen LogP contribution in [0.2, 0.25) is 0 Å². The van der Waals surface area contributed by atoms with Gasteiger partial charge in [0.15, 0.2) is 0 Å². The van der Waals surface area contributed by atoms with Crippen molar-refractivity contribution in [3.63, 3.8) is 0 Å². The van der Waals surface area contributed by atoms with Crippen molar-refractivity contribution >= 4 is 28.9 Å². The molecule has 1 heterocycles. The fraction of sp³-hybridized carbons (Fsp3) is 0.300. The maximum atomic E-state index is 12.7. The maximum absolute atomic E-state index is 12.7. The summed E-state index contributed by atoms with van der Waals surface area (Å²) in [5.41, 5.74) is 1.26. The molecule has 0 aromatic heterocycles. The molecule has 2 amide bonds. The SMILES string of the molecule is CNc1ccc(C(=O)N2CCN(CC(=O)Nc3ccccc3)CC2)cc1[N+](=O)[O-]. The van der Waals surface area contributed by atoms with E-state index in [-0.39, 0.29) is 29.6 Å². The van der Waals surface area contributed by atoms with E-state index in [0.29, 0.717) is 31.9 Å². The van der Waals surface area contributed by atoms with Gasteiger partial charge in [-0.25, -0.2) is 0 Å². The van der Waals surface area contributed by atoms with Crippen LogP contribution in [0.1, 0.15) is 10.4 Å². The minimum absolute atomic E-state index is 0.103. The number of nitro groups is 1. The molecule has 152 valence electrons. The zero-order chi connectivity index (χ0) is 20.8. The van der Waals surface area contributed by atoms with E-state index in [2.05, 4.69) is 10.6 Å². The first-order valence-corrected chi connectivity index (χ1v) is 9.30. The molecule has 9 heteroatoms. The van der Waals surface area contributed by atoms with E-state index in [4.69, 9.17) is 0 Å². The van der Waals surface area contributed by atoms with Crippen molar-refractivity contribution in [3.05, 3.63) is 64.2 Å². The molecule has 1 aliphatic rings. The lowest BCUT2D eigenvalue weighted by molar-refractivity contribution is -0.384. The molecule has 0 atom stereocenters. The number of benzene rings is 2. The molecule has 3 rings (SSSR count). The number of hydrogen-bond donors (Lipinski definition) is 2. The van der Waals surface area contributed by atoms with Crippen LogP contribution in [0.4, 0.5) is 17.1 Å². The topological polar surface area (TPSA) is 108 Å². The molecule has 0 spiro atoms. The predicted molar refractivity (Wildman–Crippen MR) is 110 cm³/mol. The summed E-state index contributed by atoms with van der Waals surface area (Å²) < 4.78 is 0. The number of amides is 2. The molecule has 1 saturated heterocycles. The second kappa shape index (κ2) is 9.16. The summed E-state index contributed by atoms with van der Waals surface area (Å²) in [7, 11) is 1.59. The standard InChI is InChI=1S/C20H23N5O4/c1-21-17-8-7-15(13-18(17)25(28)29)20(27)24-11-9-23(10-12-24)14-19(26)22-16-5-3-2-4-6-16/h2-8,13,21H,9-12,14H2,1H3,(H,22,26). The van der Waals surface area contributed by atoms with Crippen LogP contribution >= 0.6 is 0 Å². The second-order valence-corrected chi connectivity index (χ2v) is 6.72. The smallest absolute Gasteiger partial charge is 0.293 e. The van der Waals surface area contributed by atoms with E-state index in [1.807, 2.05) is 35.2 Å². The maximum Gasteiger partial charge on any atom is 0.293 e. The van der Waals surface area contributed by atoms with Gasteiger partial charge < -0.3 is 15.5 Å². The molecular formula is C20H23N5O4. The van der Waals surface area contributed by atoms with Crippen LogP contribution in [0.15, 0.2) is 48.5 Å². The van der Waals surface area contributed by atoms with Gasteiger partial charge >= 0.3 is 0 Å². The molecule has 0 radical (unpaired) electrons. The molecular weight excluding hydrogens is 374 g/mol. The van der Waals surface area contributed by atoms with Crippen molar-refractivity contribution < 1.29 is 14.5 Å². The van der Waals surface area contributed by atoms with E-state index >= 15 is 0 Å². The first-order valence-electron chi connectivity index (χ1n) is 9.30. The summed E-state index contributed by atoms with van der Waals surface area (Å²) in [6, 6.07) is 13.7. The average molecular weight is 397 g/mol. The van der Waals surface area contributed by atoms with Gasteiger partial charge in [0.05, 0.1) is 11.5 Å². The number of anilines is 2. The van der Waals surface area contributed by atoms with Crippen LogP contribution in [0.3, 0.4) is 0 Å². The number of nitrogens with zero attached hydrogens (tertiary/aromatic N) is 3. The lowest BCUT2D eigenvalue weighted by Crippen LogP contribution is -2.50. The summed E-state index contributed by atoms with van der Waals surface area (Å²) in [4.78, 5) is 39.2. The number of nitro benzene ring substituents is 1. The Labute approximate surface area is 168 Å². The predicted octanol–water partition coefficient (Wildman–Crippen LogP) is 2.03. The summed E-state index contributed by atoms with van der Waals surface area (Å²) >= 11 is 0. The van der Waals surface area contributed by atoms with E-state index in [1.54, 1.807) is 18.0 Å². The Hall–Kier alpha value is -3.46. The number of nitrogens with one attached hydrogen (secondary N) is 2. The van der Waals surface area contributed by atoms with Crippen molar-refractivity contribution in [2.24, 2.45) is 0 Å². The number of piperazine rings is 1. The Morgan fingerprint density at radius 2 is 1.76 bits per heavy atom. The number of carbonyl (C=O) groups is 2. The fourth-order valence-corrected chi connectivity index (χ4v) is 3.24. The highest BCUT2D eigenvalue weighted by atomic mass is 16.6. The van der Waals surface area contributed by atoms with Crippen molar-refractivity contribution in [3.8, 4) is 0 Å². The Kier molecular flexibility index (Phi) is 6.40. The lowest BCUT2D eigenvalue weighted by Gasteiger charge is -2.34. The average Bonchev–Trinajstić information content (AvgIpc) is 2.74. The Balaban J connectivity index is 1.55.